The molecule has 168 valence electrons. The number of carbonyl (C=O) groups is 1. The van der Waals surface area contributed by atoms with E-state index in [1.54, 1.807) is 25.9 Å². The Hall–Kier alpha value is -2.29. The minimum absolute atomic E-state index is 0.0432. The molecule has 1 heterocycles. The van der Waals surface area contributed by atoms with Crippen molar-refractivity contribution in [3.05, 3.63) is 41.5 Å². The summed E-state index contributed by atoms with van der Waals surface area (Å²) in [6.45, 7) is 3.78. The number of aliphatic hydroxyl groups excluding tert-OH is 2. The van der Waals surface area contributed by atoms with Crippen LogP contribution in [0.15, 0.2) is 30.4 Å². The first kappa shape index (κ1) is 23.4. The number of rotatable bonds is 8. The topological polar surface area (TPSA) is 70.0 Å². The molecule has 3 rings (SSSR count). The lowest BCUT2D eigenvalue weighted by Gasteiger charge is -2.19. The van der Waals surface area contributed by atoms with Gasteiger partial charge in [0.25, 0.3) is 0 Å². The molecule has 0 aromatic heterocycles. The Bertz CT molecular complexity index is 866. The fourth-order valence-corrected chi connectivity index (χ4v) is 4.63. The molecule has 1 aliphatic carbocycles. The number of hydrogen-bond acceptors (Lipinski definition) is 4. The van der Waals surface area contributed by atoms with Gasteiger partial charge < -0.3 is 19.8 Å². The summed E-state index contributed by atoms with van der Waals surface area (Å²) >= 11 is 0. The first-order valence-corrected chi connectivity index (χ1v) is 11.3. The number of nitrogens with zero attached hydrogens (tertiary/aromatic N) is 1. The van der Waals surface area contributed by atoms with Crippen molar-refractivity contribution in [1.82, 2.24) is 4.90 Å². The number of aliphatic hydroxyl groups is 2. The van der Waals surface area contributed by atoms with Crippen molar-refractivity contribution >= 4 is 5.91 Å². The van der Waals surface area contributed by atoms with Gasteiger partial charge in [0.2, 0.25) is 5.91 Å². The lowest BCUT2D eigenvalue weighted by Crippen LogP contribution is -2.21. The molecule has 0 spiro atoms. The molecule has 6 atom stereocenters. The van der Waals surface area contributed by atoms with Gasteiger partial charge in [-0.25, -0.2) is 0 Å². The van der Waals surface area contributed by atoms with Crippen molar-refractivity contribution in [3.63, 3.8) is 0 Å². The van der Waals surface area contributed by atoms with Gasteiger partial charge in [0.1, 0.15) is 11.9 Å². The van der Waals surface area contributed by atoms with Crippen LogP contribution in [0.3, 0.4) is 0 Å². The third-order valence-electron chi connectivity index (χ3n) is 6.54. The van der Waals surface area contributed by atoms with Crippen LogP contribution in [-0.4, -0.2) is 53.4 Å². The fourth-order valence-electron chi connectivity index (χ4n) is 4.63. The molecule has 1 amide bonds. The number of fused-ring (bicyclic) bond motifs is 3. The van der Waals surface area contributed by atoms with Gasteiger partial charge in [-0.15, -0.1) is 11.8 Å². The van der Waals surface area contributed by atoms with Gasteiger partial charge in [0.15, 0.2) is 0 Å². The maximum Gasteiger partial charge on any atom is 0.222 e. The summed E-state index contributed by atoms with van der Waals surface area (Å²) in [6.07, 6.45) is 5.98. The van der Waals surface area contributed by atoms with Crippen molar-refractivity contribution in [2.75, 3.05) is 14.1 Å². The van der Waals surface area contributed by atoms with Crippen molar-refractivity contribution in [3.8, 4) is 17.6 Å². The highest BCUT2D eigenvalue weighted by Crippen LogP contribution is 2.52. The average molecular weight is 426 g/mol. The Morgan fingerprint density at radius 1 is 1.39 bits per heavy atom. The summed E-state index contributed by atoms with van der Waals surface area (Å²) in [7, 11) is 3.56. The van der Waals surface area contributed by atoms with Crippen LogP contribution >= 0.6 is 0 Å². The molecule has 5 nitrogen and oxygen atoms in total. The van der Waals surface area contributed by atoms with E-state index in [0.717, 1.165) is 29.7 Å². The van der Waals surface area contributed by atoms with Crippen LogP contribution in [0.4, 0.5) is 0 Å². The predicted molar refractivity (Wildman–Crippen MR) is 122 cm³/mol. The molecule has 1 fully saturated rings. The molecule has 5 heteroatoms. The van der Waals surface area contributed by atoms with E-state index < -0.39 is 12.2 Å². The van der Waals surface area contributed by atoms with Crippen LogP contribution in [-0.2, 0) is 11.2 Å². The van der Waals surface area contributed by atoms with Crippen LogP contribution in [0.25, 0.3) is 0 Å². The third kappa shape index (κ3) is 5.31. The zero-order valence-corrected chi connectivity index (χ0v) is 19.0. The van der Waals surface area contributed by atoms with E-state index in [9.17, 15) is 15.0 Å². The monoisotopic (exact) mass is 425 g/mol. The second kappa shape index (κ2) is 10.3. The van der Waals surface area contributed by atoms with Gasteiger partial charge in [0.05, 0.1) is 12.2 Å². The second-order valence-electron chi connectivity index (χ2n) is 9.02. The number of hydrogen-bond donors (Lipinski definition) is 2. The molecule has 0 bridgehead atoms. The molecule has 0 saturated heterocycles. The molecule has 0 radical (unpaired) electrons. The number of para-hydroxylation sites is 1. The summed E-state index contributed by atoms with van der Waals surface area (Å²) in [6, 6.07) is 6.20. The Morgan fingerprint density at radius 3 is 2.87 bits per heavy atom. The van der Waals surface area contributed by atoms with Gasteiger partial charge >= 0.3 is 0 Å². The normalized spacial score (nSPS) is 25.9. The largest absolute Gasteiger partial charge is 0.489 e. The SMILES string of the molecule is CC#CC[C@@H](C)[C@H](O)C=C[C@@H]1[C@H]2c3cccc(CCCC(=O)N(C)C)c3O[C@H]2C[C@H]1O. The molecule has 1 aliphatic heterocycles. The number of amides is 1. The highest BCUT2D eigenvalue weighted by atomic mass is 16.5. The fraction of sp³-hybridized carbons (Fsp3) is 0.577. The summed E-state index contributed by atoms with van der Waals surface area (Å²) in [4.78, 5) is 13.5. The number of carbonyl (C=O) groups excluding carboxylic acids is 1. The lowest BCUT2D eigenvalue weighted by atomic mass is 9.86. The molecule has 1 saturated carbocycles. The maximum absolute atomic E-state index is 11.9. The molecule has 0 unspecified atom stereocenters. The minimum atomic E-state index is -0.588. The third-order valence-corrected chi connectivity index (χ3v) is 6.54. The maximum atomic E-state index is 11.9. The molecule has 31 heavy (non-hydrogen) atoms. The highest BCUT2D eigenvalue weighted by Gasteiger charge is 2.48. The van der Waals surface area contributed by atoms with E-state index in [2.05, 4.69) is 24.0 Å². The van der Waals surface area contributed by atoms with E-state index in [1.165, 1.54) is 0 Å². The Morgan fingerprint density at radius 2 is 2.16 bits per heavy atom. The van der Waals surface area contributed by atoms with Crippen LogP contribution < -0.4 is 4.74 Å². The highest BCUT2D eigenvalue weighted by molar-refractivity contribution is 5.75. The van der Waals surface area contributed by atoms with Crippen molar-refractivity contribution in [2.24, 2.45) is 11.8 Å². The van der Waals surface area contributed by atoms with Gasteiger partial charge in [-0.05, 0) is 31.2 Å². The molecule has 2 aliphatic rings. The van der Waals surface area contributed by atoms with Crippen LogP contribution in [0.1, 0.15) is 56.6 Å². The number of benzene rings is 1. The first-order chi connectivity index (χ1) is 14.8. The smallest absolute Gasteiger partial charge is 0.222 e. The molecule has 1 aromatic carbocycles. The first-order valence-electron chi connectivity index (χ1n) is 11.3. The van der Waals surface area contributed by atoms with Crippen molar-refractivity contribution < 1.29 is 19.7 Å². The second-order valence-corrected chi connectivity index (χ2v) is 9.02. The summed E-state index contributed by atoms with van der Waals surface area (Å²) in [5, 5.41) is 21.1. The lowest BCUT2D eigenvalue weighted by molar-refractivity contribution is -0.128. The summed E-state index contributed by atoms with van der Waals surface area (Å²) in [5.41, 5.74) is 2.26. The van der Waals surface area contributed by atoms with E-state index in [0.29, 0.717) is 19.3 Å². The molecule has 1 aromatic rings. The predicted octanol–water partition coefficient (Wildman–Crippen LogP) is 3.29. The zero-order valence-electron chi connectivity index (χ0n) is 19.0. The summed E-state index contributed by atoms with van der Waals surface area (Å²) in [5.74, 6) is 6.98. The molecular formula is C26H35NO4. The zero-order chi connectivity index (χ0) is 22.5. The van der Waals surface area contributed by atoms with Gasteiger partial charge in [-0.2, -0.15) is 0 Å². The van der Waals surface area contributed by atoms with E-state index >= 15 is 0 Å². The standard InChI is InChI=1S/C26H35NO4/c1-5-6-9-17(2)21(28)15-14-19-22(29)16-23-25(19)20-12-7-10-18(26(20)31-23)11-8-13-24(30)27(3)4/h7,10,12,14-15,17,19,21-23,25,28-29H,8-9,11,13,16H2,1-4H3/t17-,19+,21-,22-,23+,25+/m1/s1. The number of aryl methyl sites for hydroxylation is 1. The van der Waals surface area contributed by atoms with Gasteiger partial charge in [-0.3, -0.25) is 4.79 Å². The van der Waals surface area contributed by atoms with Gasteiger partial charge in [-0.1, -0.05) is 37.3 Å². The Labute approximate surface area is 186 Å². The average Bonchev–Trinajstić information content (AvgIpc) is 3.25. The van der Waals surface area contributed by atoms with Gasteiger partial charge in [0, 0.05) is 50.8 Å². The van der Waals surface area contributed by atoms with Crippen molar-refractivity contribution in [2.45, 2.75) is 70.2 Å². The van der Waals surface area contributed by atoms with Crippen molar-refractivity contribution in [1.29, 1.82) is 0 Å². The summed E-state index contributed by atoms with van der Waals surface area (Å²) < 4.78 is 6.31. The Balaban J connectivity index is 1.72. The van der Waals surface area contributed by atoms with Crippen LogP contribution in [0.5, 0.6) is 5.75 Å². The minimum Gasteiger partial charge on any atom is -0.489 e. The van der Waals surface area contributed by atoms with E-state index in [-0.39, 0.29) is 29.8 Å². The molecule has 2 N–H and O–H groups in total. The molecular weight excluding hydrogens is 390 g/mol. The quantitative estimate of drug-likeness (QED) is 0.495. The van der Waals surface area contributed by atoms with E-state index in [1.807, 2.05) is 25.1 Å². The number of ether oxygens (including phenoxy) is 1. The van der Waals surface area contributed by atoms with Crippen LogP contribution in [0, 0.1) is 23.7 Å². The Kier molecular flexibility index (Phi) is 7.80. The van der Waals surface area contributed by atoms with Crippen LogP contribution in [0.2, 0.25) is 0 Å². The van der Waals surface area contributed by atoms with E-state index in [4.69, 9.17) is 4.74 Å².